The summed E-state index contributed by atoms with van der Waals surface area (Å²) in [7, 11) is 1.43. The van der Waals surface area contributed by atoms with E-state index >= 15 is 0 Å². The largest absolute Gasteiger partial charge is 0.469 e. The maximum absolute atomic E-state index is 11.6. The van der Waals surface area contributed by atoms with E-state index in [9.17, 15) is 4.79 Å². The number of carbonyl (C=O) groups excluding carboxylic acids is 1. The quantitative estimate of drug-likeness (QED) is 0.800. The van der Waals surface area contributed by atoms with Crippen LogP contribution < -0.4 is 5.32 Å². The first kappa shape index (κ1) is 11.4. The van der Waals surface area contributed by atoms with Crippen LogP contribution in [0.5, 0.6) is 0 Å². The molecule has 0 bridgehead atoms. The van der Waals surface area contributed by atoms with Gasteiger partial charge in [0.15, 0.2) is 0 Å². The molecule has 1 saturated heterocycles. The van der Waals surface area contributed by atoms with E-state index < -0.39 is 0 Å². The third-order valence-corrected chi connectivity index (χ3v) is 3.27. The molecule has 4 heteroatoms. The molecule has 2 rings (SSSR count). The summed E-state index contributed by atoms with van der Waals surface area (Å²) in [4.78, 5) is 11.6. The van der Waals surface area contributed by atoms with E-state index in [0.29, 0.717) is 11.6 Å². The van der Waals surface area contributed by atoms with Crippen LogP contribution in [-0.4, -0.2) is 26.2 Å². The second kappa shape index (κ2) is 4.85. The molecule has 1 unspecified atom stereocenters. The number of halogens is 1. The average Bonchev–Trinajstić information content (AvgIpc) is 2.78. The minimum atomic E-state index is -0.148. The summed E-state index contributed by atoms with van der Waals surface area (Å²) in [6.07, 6.45) is 0. The number of benzene rings is 1. The Kier molecular flexibility index (Phi) is 3.46. The second-order valence-electron chi connectivity index (χ2n) is 3.95. The van der Waals surface area contributed by atoms with Crippen molar-refractivity contribution >= 4 is 17.6 Å². The number of nitrogens with one attached hydrogen (secondary N) is 1. The molecule has 1 fully saturated rings. The SMILES string of the molecule is COC(=O)[C@@H]1CNCC1c1ccc(Cl)cc1. The van der Waals surface area contributed by atoms with Gasteiger partial charge in [-0.2, -0.15) is 0 Å². The molecule has 86 valence electrons. The lowest BCUT2D eigenvalue weighted by Gasteiger charge is -2.16. The minimum absolute atomic E-state index is 0.0915. The highest BCUT2D eigenvalue weighted by atomic mass is 35.5. The Bertz CT molecular complexity index is 377. The molecule has 2 atom stereocenters. The molecule has 1 aliphatic heterocycles. The van der Waals surface area contributed by atoms with Crippen molar-refractivity contribution in [1.29, 1.82) is 0 Å². The number of carbonyl (C=O) groups is 1. The highest BCUT2D eigenvalue weighted by molar-refractivity contribution is 6.30. The fraction of sp³-hybridized carbons (Fsp3) is 0.417. The Labute approximate surface area is 99.7 Å². The van der Waals surface area contributed by atoms with Gasteiger partial charge in [0, 0.05) is 24.0 Å². The van der Waals surface area contributed by atoms with E-state index in [1.807, 2.05) is 24.3 Å². The van der Waals surface area contributed by atoms with Crippen LogP contribution >= 0.6 is 11.6 Å². The molecular formula is C12H14ClNO2. The topological polar surface area (TPSA) is 38.3 Å². The van der Waals surface area contributed by atoms with Crippen LogP contribution in [0.1, 0.15) is 11.5 Å². The first-order valence-corrected chi connectivity index (χ1v) is 5.64. The van der Waals surface area contributed by atoms with Crippen molar-refractivity contribution < 1.29 is 9.53 Å². The fourth-order valence-corrected chi connectivity index (χ4v) is 2.26. The Hall–Kier alpha value is -1.06. The summed E-state index contributed by atoms with van der Waals surface area (Å²) in [5.41, 5.74) is 1.13. The maximum atomic E-state index is 11.6. The van der Waals surface area contributed by atoms with Crippen LogP contribution in [0, 0.1) is 5.92 Å². The van der Waals surface area contributed by atoms with E-state index in [4.69, 9.17) is 16.3 Å². The predicted octanol–water partition coefficient (Wildman–Crippen LogP) is 1.82. The van der Waals surface area contributed by atoms with Crippen molar-refractivity contribution in [3.63, 3.8) is 0 Å². The van der Waals surface area contributed by atoms with Gasteiger partial charge in [-0.3, -0.25) is 4.79 Å². The molecule has 0 spiro atoms. The summed E-state index contributed by atoms with van der Waals surface area (Å²) in [6.45, 7) is 1.49. The molecule has 1 aliphatic rings. The number of esters is 1. The summed E-state index contributed by atoms with van der Waals surface area (Å²) in [5.74, 6) is -0.0548. The van der Waals surface area contributed by atoms with Gasteiger partial charge >= 0.3 is 5.97 Å². The van der Waals surface area contributed by atoms with Crippen molar-refractivity contribution in [2.75, 3.05) is 20.2 Å². The molecule has 0 saturated carbocycles. The van der Waals surface area contributed by atoms with Gasteiger partial charge in [0.2, 0.25) is 0 Å². The summed E-state index contributed by atoms with van der Waals surface area (Å²) in [5, 5.41) is 3.93. The van der Waals surface area contributed by atoms with Gasteiger partial charge in [0.1, 0.15) is 0 Å². The first-order chi connectivity index (χ1) is 7.72. The van der Waals surface area contributed by atoms with Gasteiger partial charge in [-0.1, -0.05) is 23.7 Å². The van der Waals surface area contributed by atoms with Crippen molar-refractivity contribution in [3.8, 4) is 0 Å². The molecular weight excluding hydrogens is 226 g/mol. The van der Waals surface area contributed by atoms with E-state index in [1.54, 1.807) is 0 Å². The number of ether oxygens (including phenoxy) is 1. The third-order valence-electron chi connectivity index (χ3n) is 3.02. The van der Waals surface area contributed by atoms with Crippen molar-refractivity contribution in [3.05, 3.63) is 34.9 Å². The lowest BCUT2D eigenvalue weighted by Crippen LogP contribution is -2.22. The average molecular weight is 240 g/mol. The minimum Gasteiger partial charge on any atom is -0.469 e. The molecule has 1 heterocycles. The zero-order chi connectivity index (χ0) is 11.5. The first-order valence-electron chi connectivity index (χ1n) is 5.26. The van der Waals surface area contributed by atoms with Crippen LogP contribution in [0.15, 0.2) is 24.3 Å². The number of rotatable bonds is 2. The Morgan fingerprint density at radius 3 is 2.69 bits per heavy atom. The van der Waals surface area contributed by atoms with Crippen molar-refractivity contribution in [2.45, 2.75) is 5.92 Å². The number of hydrogen-bond donors (Lipinski definition) is 1. The summed E-state index contributed by atoms with van der Waals surface area (Å²) in [6, 6.07) is 7.64. The van der Waals surface area contributed by atoms with E-state index in [2.05, 4.69) is 5.32 Å². The molecule has 1 aromatic rings. The molecule has 0 radical (unpaired) electrons. The Morgan fingerprint density at radius 2 is 2.06 bits per heavy atom. The molecule has 3 nitrogen and oxygen atoms in total. The molecule has 1 aromatic carbocycles. The Morgan fingerprint density at radius 1 is 1.38 bits per heavy atom. The third kappa shape index (κ3) is 2.20. The molecule has 0 aliphatic carbocycles. The zero-order valence-electron chi connectivity index (χ0n) is 9.07. The number of hydrogen-bond acceptors (Lipinski definition) is 3. The lowest BCUT2D eigenvalue weighted by molar-refractivity contribution is -0.145. The van der Waals surface area contributed by atoms with Crippen LogP contribution in [0.2, 0.25) is 5.02 Å². The fourth-order valence-electron chi connectivity index (χ4n) is 2.14. The monoisotopic (exact) mass is 239 g/mol. The highest BCUT2D eigenvalue weighted by Crippen LogP contribution is 2.29. The normalized spacial score (nSPS) is 24.4. The highest BCUT2D eigenvalue weighted by Gasteiger charge is 2.34. The predicted molar refractivity (Wildman–Crippen MR) is 62.6 cm³/mol. The molecule has 1 N–H and O–H groups in total. The lowest BCUT2D eigenvalue weighted by atomic mass is 9.89. The van der Waals surface area contributed by atoms with Crippen molar-refractivity contribution in [2.24, 2.45) is 5.92 Å². The summed E-state index contributed by atoms with van der Waals surface area (Å²) >= 11 is 5.84. The van der Waals surface area contributed by atoms with Gasteiger partial charge in [0.25, 0.3) is 0 Å². The molecule has 16 heavy (non-hydrogen) atoms. The van der Waals surface area contributed by atoms with Crippen LogP contribution in [0.4, 0.5) is 0 Å². The van der Waals surface area contributed by atoms with E-state index in [0.717, 1.165) is 12.1 Å². The second-order valence-corrected chi connectivity index (χ2v) is 4.38. The van der Waals surface area contributed by atoms with Crippen LogP contribution in [-0.2, 0) is 9.53 Å². The van der Waals surface area contributed by atoms with Crippen LogP contribution in [0.25, 0.3) is 0 Å². The van der Waals surface area contributed by atoms with Crippen LogP contribution in [0.3, 0.4) is 0 Å². The molecule has 0 aromatic heterocycles. The van der Waals surface area contributed by atoms with Gasteiger partial charge in [0.05, 0.1) is 13.0 Å². The Balaban J connectivity index is 2.19. The standard InChI is InChI=1S/C12H14ClNO2/c1-16-12(15)11-7-14-6-10(11)8-2-4-9(13)5-3-8/h2-5,10-11,14H,6-7H2,1H3/t10?,11-/m1/s1. The summed E-state index contributed by atoms with van der Waals surface area (Å²) < 4.78 is 4.80. The van der Waals surface area contributed by atoms with E-state index in [1.165, 1.54) is 7.11 Å². The maximum Gasteiger partial charge on any atom is 0.310 e. The van der Waals surface area contributed by atoms with Crippen molar-refractivity contribution in [1.82, 2.24) is 5.32 Å². The number of methoxy groups -OCH3 is 1. The van der Waals surface area contributed by atoms with Gasteiger partial charge in [-0.15, -0.1) is 0 Å². The smallest absolute Gasteiger partial charge is 0.310 e. The van der Waals surface area contributed by atoms with E-state index in [-0.39, 0.29) is 17.8 Å². The van der Waals surface area contributed by atoms with Gasteiger partial charge < -0.3 is 10.1 Å². The zero-order valence-corrected chi connectivity index (χ0v) is 9.83. The van der Waals surface area contributed by atoms with Gasteiger partial charge in [-0.05, 0) is 17.7 Å². The molecule has 0 amide bonds. The van der Waals surface area contributed by atoms with Gasteiger partial charge in [-0.25, -0.2) is 0 Å².